The second-order valence-electron chi connectivity index (χ2n) is 19.5. The van der Waals surface area contributed by atoms with E-state index in [-0.39, 0.29) is 0 Å². The number of aromatic nitrogens is 2. The lowest BCUT2D eigenvalue weighted by Crippen LogP contribution is -2.32. The van der Waals surface area contributed by atoms with Crippen LogP contribution in [0.5, 0.6) is 11.5 Å². The summed E-state index contributed by atoms with van der Waals surface area (Å²) in [6, 6.07) is 57.3. The smallest absolute Gasteiger partial charge is 0.152 e. The highest BCUT2D eigenvalue weighted by Crippen LogP contribution is 2.64. The maximum atomic E-state index is 7.07. The first-order valence-corrected chi connectivity index (χ1v) is 24.6. The van der Waals surface area contributed by atoms with Crippen LogP contribution < -0.4 is 9.64 Å². The molecular weight excluding hydrogens is 847 g/mol. The van der Waals surface area contributed by atoms with Crippen molar-refractivity contribution in [2.75, 3.05) is 4.90 Å². The summed E-state index contributed by atoms with van der Waals surface area (Å²) in [6.07, 6.45) is 5.99. The fourth-order valence-corrected chi connectivity index (χ4v) is 14.2. The molecule has 0 bridgehead atoms. The standard InChI is InChI=1S/C63H43N3OS/c1-34-26-35(2)29-42(28-34)40-16-22-51-54(32-40)67-55-33-41(43-30-36(3)27-37(4)31-43)17-23-52(55)66(51)53-11-5-8-44-45-19-21-48-58(62(45)68-61(44)53)46-18-14-38-12-13-39-15-20-47(57(46)56(38)39)63(48)49-9-6-24-64-59(49)60-50(63)10-7-25-65-60/h5-11,14-33H,12-13H2,1-4H3. The van der Waals surface area contributed by atoms with Gasteiger partial charge in [-0.25, -0.2) is 0 Å². The van der Waals surface area contributed by atoms with Gasteiger partial charge in [0.2, 0.25) is 0 Å². The van der Waals surface area contributed by atoms with Gasteiger partial charge in [0.1, 0.15) is 0 Å². The summed E-state index contributed by atoms with van der Waals surface area (Å²) in [7, 11) is 0. The van der Waals surface area contributed by atoms with Crippen LogP contribution in [0.25, 0.3) is 75.7 Å². The zero-order valence-corrected chi connectivity index (χ0v) is 39.0. The molecular formula is C63H43N3OS. The van der Waals surface area contributed by atoms with E-state index in [2.05, 4.69) is 184 Å². The first-order valence-electron chi connectivity index (χ1n) is 23.7. The van der Waals surface area contributed by atoms with Crippen molar-refractivity contribution in [1.29, 1.82) is 0 Å². The molecule has 0 saturated carbocycles. The number of rotatable bonds is 3. The van der Waals surface area contributed by atoms with Crippen molar-refractivity contribution in [3.8, 4) is 56.3 Å². The molecule has 0 atom stereocenters. The second-order valence-corrected chi connectivity index (χ2v) is 20.5. The molecule has 4 aliphatic rings. The summed E-state index contributed by atoms with van der Waals surface area (Å²) in [5, 5.41) is 5.35. The van der Waals surface area contributed by atoms with Crippen molar-refractivity contribution in [1.82, 2.24) is 9.97 Å². The Bertz CT molecular complexity index is 3890. The van der Waals surface area contributed by atoms with Crippen molar-refractivity contribution in [3.63, 3.8) is 0 Å². The van der Waals surface area contributed by atoms with Crippen LogP contribution in [0.1, 0.15) is 55.6 Å². The Balaban J connectivity index is 1.01. The number of fused-ring (bicyclic) bond motifs is 15. The number of hydrogen-bond donors (Lipinski definition) is 0. The fourth-order valence-electron chi connectivity index (χ4n) is 12.8. The van der Waals surface area contributed by atoms with Gasteiger partial charge in [-0.3, -0.25) is 9.97 Å². The predicted molar refractivity (Wildman–Crippen MR) is 281 cm³/mol. The molecule has 0 amide bonds. The van der Waals surface area contributed by atoms with Crippen LogP contribution in [0.15, 0.2) is 164 Å². The van der Waals surface area contributed by atoms with Gasteiger partial charge in [-0.05, 0) is 155 Å². The fraction of sp³-hybridized carbons (Fsp3) is 0.111. The first kappa shape index (κ1) is 38.3. The number of thiophene rings is 1. The Hall–Kier alpha value is -7.86. The maximum absolute atomic E-state index is 7.07. The van der Waals surface area contributed by atoms with E-state index < -0.39 is 5.41 Å². The van der Waals surface area contributed by atoms with Gasteiger partial charge >= 0.3 is 0 Å². The largest absolute Gasteiger partial charge is 0.453 e. The highest BCUT2D eigenvalue weighted by Gasteiger charge is 2.52. The van der Waals surface area contributed by atoms with Crippen molar-refractivity contribution < 1.29 is 4.74 Å². The first-order chi connectivity index (χ1) is 33.3. The van der Waals surface area contributed by atoms with Crippen LogP contribution in [-0.4, -0.2) is 9.97 Å². The van der Waals surface area contributed by atoms with E-state index in [1.54, 1.807) is 0 Å². The Morgan fingerprint density at radius 3 is 1.66 bits per heavy atom. The molecule has 1 spiro atoms. The van der Waals surface area contributed by atoms with E-state index in [0.29, 0.717) is 0 Å². The average molecular weight is 890 g/mol. The molecule has 8 aromatic carbocycles. The van der Waals surface area contributed by atoms with E-state index in [4.69, 9.17) is 14.7 Å². The average Bonchev–Trinajstić information content (AvgIpc) is 4.04. The van der Waals surface area contributed by atoms with Gasteiger partial charge < -0.3 is 9.64 Å². The lowest BCUT2D eigenvalue weighted by molar-refractivity contribution is 0.477. The molecule has 3 aliphatic carbocycles. The topological polar surface area (TPSA) is 38.2 Å². The predicted octanol–water partition coefficient (Wildman–Crippen LogP) is 16.6. The molecule has 11 aromatic rings. The lowest BCUT2D eigenvalue weighted by Gasteiger charge is -2.40. The molecule has 5 heteroatoms. The third-order valence-electron chi connectivity index (χ3n) is 15.3. The molecule has 15 rings (SSSR count). The van der Waals surface area contributed by atoms with Gasteiger partial charge in [0.25, 0.3) is 0 Å². The molecule has 4 heterocycles. The summed E-state index contributed by atoms with van der Waals surface area (Å²) in [4.78, 5) is 12.6. The van der Waals surface area contributed by atoms with Crippen LogP contribution in [0.4, 0.5) is 17.1 Å². The summed E-state index contributed by atoms with van der Waals surface area (Å²) in [6.45, 7) is 8.68. The number of pyridine rings is 2. The molecule has 0 unspecified atom stereocenters. The molecule has 0 fully saturated rings. The van der Waals surface area contributed by atoms with E-state index >= 15 is 0 Å². The minimum atomic E-state index is -0.578. The number of nitrogens with zero attached hydrogens (tertiary/aromatic N) is 3. The van der Waals surface area contributed by atoms with Gasteiger partial charge in [-0.1, -0.05) is 131 Å². The molecule has 3 aromatic heterocycles. The van der Waals surface area contributed by atoms with E-state index in [1.165, 1.54) is 109 Å². The summed E-state index contributed by atoms with van der Waals surface area (Å²) in [5.41, 5.74) is 24.8. The second kappa shape index (κ2) is 13.6. The van der Waals surface area contributed by atoms with E-state index in [9.17, 15) is 0 Å². The third kappa shape index (κ3) is 5.04. The van der Waals surface area contributed by atoms with E-state index in [1.807, 2.05) is 23.7 Å². The summed E-state index contributed by atoms with van der Waals surface area (Å²) in [5.74, 6) is 1.68. The van der Waals surface area contributed by atoms with Crippen LogP contribution in [0.3, 0.4) is 0 Å². The van der Waals surface area contributed by atoms with Gasteiger partial charge in [0.05, 0.1) is 38.6 Å². The lowest BCUT2D eigenvalue weighted by atomic mass is 9.61. The molecule has 4 nitrogen and oxygen atoms in total. The van der Waals surface area contributed by atoms with Crippen molar-refractivity contribution >= 4 is 59.3 Å². The zero-order valence-electron chi connectivity index (χ0n) is 38.2. The normalized spacial score (nSPS) is 14.3. The number of ether oxygens (including phenoxy) is 1. The quantitative estimate of drug-likeness (QED) is 0.177. The van der Waals surface area contributed by atoms with Gasteiger partial charge in [-0.2, -0.15) is 0 Å². The number of hydrogen-bond acceptors (Lipinski definition) is 5. The third-order valence-corrected chi connectivity index (χ3v) is 16.6. The van der Waals surface area contributed by atoms with Crippen LogP contribution >= 0.6 is 11.3 Å². The van der Waals surface area contributed by atoms with Crippen LogP contribution in [0.2, 0.25) is 0 Å². The summed E-state index contributed by atoms with van der Waals surface area (Å²) >= 11 is 1.93. The van der Waals surface area contributed by atoms with Crippen LogP contribution in [0, 0.1) is 27.7 Å². The molecule has 322 valence electrons. The minimum absolute atomic E-state index is 0.578. The molecule has 0 radical (unpaired) electrons. The molecule has 0 saturated heterocycles. The van der Waals surface area contributed by atoms with E-state index in [0.717, 1.165) is 63.9 Å². The Morgan fingerprint density at radius 2 is 1.04 bits per heavy atom. The SMILES string of the molecule is Cc1cc(C)cc(-c2ccc3c(c2)Oc2cc(-c4cc(C)cc(C)c4)ccc2N3c2cccc3c2sc2c4c(ccc23)C2(c3cccnc3-c3ncccc32)c2ccc3c5c(ccc-4c25)CC3)c1. The maximum Gasteiger partial charge on any atom is 0.152 e. The number of benzene rings is 8. The highest BCUT2D eigenvalue weighted by atomic mass is 32.1. The number of anilines is 3. The number of aryl methyl sites for hydroxylation is 6. The van der Waals surface area contributed by atoms with Crippen molar-refractivity contribution in [2.45, 2.75) is 46.0 Å². The Kier molecular flexibility index (Phi) is 7.67. The van der Waals surface area contributed by atoms with Crippen molar-refractivity contribution in [2.24, 2.45) is 0 Å². The molecule has 0 N–H and O–H groups in total. The van der Waals surface area contributed by atoms with Gasteiger partial charge in [0, 0.05) is 33.4 Å². The van der Waals surface area contributed by atoms with Crippen LogP contribution in [-0.2, 0) is 18.3 Å². The van der Waals surface area contributed by atoms with Crippen molar-refractivity contribution in [3.05, 3.63) is 220 Å². The van der Waals surface area contributed by atoms with Gasteiger partial charge in [0.15, 0.2) is 11.5 Å². The molecule has 68 heavy (non-hydrogen) atoms. The Labute approximate surface area is 398 Å². The molecule has 1 aliphatic heterocycles. The highest BCUT2D eigenvalue weighted by molar-refractivity contribution is 7.27. The summed E-state index contributed by atoms with van der Waals surface area (Å²) < 4.78 is 9.62. The minimum Gasteiger partial charge on any atom is -0.453 e. The monoisotopic (exact) mass is 889 g/mol. The zero-order chi connectivity index (χ0) is 45.2. The Morgan fingerprint density at radius 1 is 0.471 bits per heavy atom. The van der Waals surface area contributed by atoms with Gasteiger partial charge in [-0.15, -0.1) is 11.3 Å².